The highest BCUT2D eigenvalue weighted by Crippen LogP contribution is 2.18. The topological polar surface area (TPSA) is 125 Å². The van der Waals surface area contributed by atoms with E-state index in [-0.39, 0.29) is 24.9 Å². The van der Waals surface area contributed by atoms with E-state index in [1.807, 2.05) is 39.0 Å². The van der Waals surface area contributed by atoms with Crippen LogP contribution in [0.5, 0.6) is 0 Å². The van der Waals surface area contributed by atoms with E-state index in [1.165, 1.54) is 0 Å². The zero-order valence-corrected chi connectivity index (χ0v) is 24.5. The van der Waals surface area contributed by atoms with Crippen molar-refractivity contribution in [3.05, 3.63) is 30.1 Å². The molecule has 0 radical (unpaired) electrons. The number of rotatable bonds is 14. The third-order valence-corrected chi connectivity index (χ3v) is 4.59. The van der Waals surface area contributed by atoms with Crippen LogP contribution in [0.25, 0.3) is 0 Å². The van der Waals surface area contributed by atoms with E-state index < -0.39 is 34.8 Å². The Hall–Kier alpha value is -2.56. The predicted molar refractivity (Wildman–Crippen MR) is 144 cm³/mol. The first kappa shape index (κ1) is 33.5. The molecular formula is C28H47N3O7. The molecule has 0 amide bonds. The van der Waals surface area contributed by atoms with E-state index in [2.05, 4.69) is 15.6 Å². The number of carbonyl (C=O) groups excluding carboxylic acids is 3. The Morgan fingerprint density at radius 3 is 1.79 bits per heavy atom. The molecule has 0 aliphatic heterocycles. The van der Waals surface area contributed by atoms with Crippen LogP contribution in [-0.4, -0.2) is 72.0 Å². The van der Waals surface area contributed by atoms with Gasteiger partial charge in [-0.25, -0.2) is 0 Å². The molecule has 1 rings (SSSR count). The zero-order chi connectivity index (χ0) is 29.0. The van der Waals surface area contributed by atoms with Gasteiger partial charge in [-0.3, -0.25) is 19.4 Å². The van der Waals surface area contributed by atoms with Gasteiger partial charge < -0.3 is 29.6 Å². The lowest BCUT2D eigenvalue weighted by atomic mass is 10.1. The molecule has 216 valence electrons. The second-order valence-electron chi connectivity index (χ2n) is 12.0. The van der Waals surface area contributed by atoms with Crippen LogP contribution in [0.2, 0.25) is 0 Å². The molecule has 0 spiro atoms. The fourth-order valence-electron chi connectivity index (χ4n) is 3.29. The second kappa shape index (κ2) is 15.1. The first-order chi connectivity index (χ1) is 17.5. The fourth-order valence-corrected chi connectivity index (χ4v) is 3.29. The van der Waals surface area contributed by atoms with Crippen molar-refractivity contribution in [1.82, 2.24) is 15.6 Å². The van der Waals surface area contributed by atoms with Crippen molar-refractivity contribution >= 4 is 17.9 Å². The van der Waals surface area contributed by atoms with Crippen LogP contribution in [0.15, 0.2) is 24.4 Å². The maximum Gasteiger partial charge on any atom is 0.324 e. The average molecular weight is 538 g/mol. The highest BCUT2D eigenvalue weighted by atomic mass is 16.6. The lowest BCUT2D eigenvalue weighted by Crippen LogP contribution is -2.44. The second-order valence-corrected chi connectivity index (χ2v) is 12.0. The van der Waals surface area contributed by atoms with Crippen molar-refractivity contribution in [3.63, 3.8) is 0 Å². The highest BCUT2D eigenvalue weighted by Gasteiger charge is 2.29. The highest BCUT2D eigenvalue weighted by molar-refractivity contribution is 5.83. The molecule has 2 atom stereocenters. The van der Waals surface area contributed by atoms with Gasteiger partial charge in [0.2, 0.25) is 0 Å². The van der Waals surface area contributed by atoms with E-state index >= 15 is 0 Å². The Kier molecular flexibility index (Phi) is 13.3. The van der Waals surface area contributed by atoms with Crippen molar-refractivity contribution in [1.29, 1.82) is 0 Å². The summed E-state index contributed by atoms with van der Waals surface area (Å²) in [5, 5.41) is 6.34. The van der Waals surface area contributed by atoms with E-state index in [0.717, 1.165) is 5.69 Å². The molecule has 0 fully saturated rings. The molecule has 1 heterocycles. The minimum absolute atomic E-state index is 0.137. The summed E-state index contributed by atoms with van der Waals surface area (Å²) in [6.45, 7) is 17.6. The third kappa shape index (κ3) is 16.3. The number of ether oxygens (including phenoxy) is 4. The van der Waals surface area contributed by atoms with Gasteiger partial charge in [-0.1, -0.05) is 6.07 Å². The summed E-state index contributed by atoms with van der Waals surface area (Å²) in [5.41, 5.74) is -1.16. The molecule has 0 aliphatic carbocycles. The van der Waals surface area contributed by atoms with Gasteiger partial charge >= 0.3 is 17.9 Å². The summed E-state index contributed by atoms with van der Waals surface area (Å²) in [7, 11) is 0. The first-order valence-corrected chi connectivity index (χ1v) is 13.1. The van der Waals surface area contributed by atoms with Crippen LogP contribution in [-0.2, 0) is 33.3 Å². The van der Waals surface area contributed by atoms with E-state index in [4.69, 9.17) is 18.9 Å². The van der Waals surface area contributed by atoms with Gasteiger partial charge in [0.05, 0.1) is 37.8 Å². The monoisotopic (exact) mass is 537 g/mol. The predicted octanol–water partition coefficient (Wildman–Crippen LogP) is 3.49. The number of hydrogen-bond acceptors (Lipinski definition) is 10. The number of esters is 3. The van der Waals surface area contributed by atoms with Gasteiger partial charge in [-0.2, -0.15) is 0 Å². The first-order valence-electron chi connectivity index (χ1n) is 13.1. The molecule has 1 aromatic rings. The van der Waals surface area contributed by atoms with Gasteiger partial charge in [-0.05, 0) is 74.4 Å². The van der Waals surface area contributed by atoms with Crippen LogP contribution >= 0.6 is 0 Å². The number of hydrogen-bond donors (Lipinski definition) is 2. The van der Waals surface area contributed by atoms with Crippen molar-refractivity contribution in [2.24, 2.45) is 0 Å². The molecular weight excluding hydrogens is 490 g/mol. The lowest BCUT2D eigenvalue weighted by molar-refractivity contribution is -0.164. The SMILES string of the molecule is CC(C)(C)OC(=O)C[C@@H](NCCOCCN[C@H](CC(=O)OC(C)(C)C)c1ccccn1)C(=O)OC(C)(C)C. The molecule has 10 nitrogen and oxygen atoms in total. The van der Waals surface area contributed by atoms with E-state index in [0.29, 0.717) is 26.3 Å². The third-order valence-electron chi connectivity index (χ3n) is 4.59. The molecule has 1 aromatic heterocycles. The van der Waals surface area contributed by atoms with Gasteiger partial charge in [-0.15, -0.1) is 0 Å². The summed E-state index contributed by atoms with van der Waals surface area (Å²) < 4.78 is 22.0. The van der Waals surface area contributed by atoms with Gasteiger partial charge in [0.25, 0.3) is 0 Å². The summed E-state index contributed by atoms with van der Waals surface area (Å²) in [6.07, 6.45) is 1.67. The molecule has 0 aliphatic rings. The zero-order valence-electron chi connectivity index (χ0n) is 24.5. The van der Waals surface area contributed by atoms with Crippen molar-refractivity contribution < 1.29 is 33.3 Å². The van der Waals surface area contributed by atoms with Crippen LogP contribution in [0.4, 0.5) is 0 Å². The van der Waals surface area contributed by atoms with Crippen LogP contribution in [0.1, 0.15) is 86.9 Å². The minimum atomic E-state index is -0.854. The Balaban J connectivity index is 2.56. The van der Waals surface area contributed by atoms with Crippen molar-refractivity contribution in [2.45, 2.75) is 104 Å². The van der Waals surface area contributed by atoms with Crippen molar-refractivity contribution in [3.8, 4) is 0 Å². The van der Waals surface area contributed by atoms with Crippen LogP contribution in [0, 0.1) is 0 Å². The van der Waals surface area contributed by atoms with Gasteiger partial charge in [0, 0.05) is 19.3 Å². The Morgan fingerprint density at radius 2 is 1.29 bits per heavy atom. The Labute approximate surface area is 227 Å². The summed E-state index contributed by atoms with van der Waals surface area (Å²) in [4.78, 5) is 41.7. The minimum Gasteiger partial charge on any atom is -0.460 e. The summed E-state index contributed by atoms with van der Waals surface area (Å²) >= 11 is 0. The number of nitrogens with one attached hydrogen (secondary N) is 2. The number of pyridine rings is 1. The van der Waals surface area contributed by atoms with Crippen LogP contribution in [0.3, 0.4) is 0 Å². The molecule has 38 heavy (non-hydrogen) atoms. The van der Waals surface area contributed by atoms with E-state index in [9.17, 15) is 14.4 Å². The molecule has 10 heteroatoms. The fraction of sp³-hybridized carbons (Fsp3) is 0.714. The molecule has 0 saturated heterocycles. The summed E-state index contributed by atoms with van der Waals surface area (Å²) in [5.74, 6) is -1.33. The number of nitrogens with zero attached hydrogens (tertiary/aromatic N) is 1. The largest absolute Gasteiger partial charge is 0.460 e. The number of carbonyl (C=O) groups is 3. The molecule has 0 saturated carbocycles. The average Bonchev–Trinajstić information content (AvgIpc) is 2.73. The lowest BCUT2D eigenvalue weighted by Gasteiger charge is -2.26. The maximum atomic E-state index is 12.6. The molecule has 0 bridgehead atoms. The normalized spacial score (nSPS) is 13.9. The van der Waals surface area contributed by atoms with Gasteiger partial charge in [0.15, 0.2) is 0 Å². The van der Waals surface area contributed by atoms with E-state index in [1.54, 1.807) is 47.7 Å². The Morgan fingerprint density at radius 1 is 0.763 bits per heavy atom. The molecule has 0 aromatic carbocycles. The number of aromatic nitrogens is 1. The standard InChI is InChI=1S/C28H47N3O7/c1-26(2,3)36-23(32)18-21(20-12-10-11-13-29-20)30-14-16-35-17-15-31-22(25(34)38-28(7,8)9)19-24(33)37-27(4,5)6/h10-13,21-22,30-31H,14-19H2,1-9H3/t21-,22-/m1/s1. The summed E-state index contributed by atoms with van der Waals surface area (Å²) in [6, 6.07) is 4.37. The smallest absolute Gasteiger partial charge is 0.324 e. The van der Waals surface area contributed by atoms with Crippen molar-refractivity contribution in [2.75, 3.05) is 26.3 Å². The quantitative estimate of drug-likeness (QED) is 0.207. The maximum absolute atomic E-state index is 12.6. The Bertz CT molecular complexity index is 871. The van der Waals surface area contributed by atoms with Gasteiger partial charge in [0.1, 0.15) is 22.8 Å². The van der Waals surface area contributed by atoms with Crippen LogP contribution < -0.4 is 10.6 Å². The molecule has 2 N–H and O–H groups in total. The molecule has 0 unspecified atom stereocenters.